The Kier molecular flexibility index (Phi) is 3.32. The van der Waals surface area contributed by atoms with Gasteiger partial charge in [-0.15, -0.1) is 0 Å². The summed E-state index contributed by atoms with van der Waals surface area (Å²) in [5.41, 5.74) is 2.31. The van der Waals surface area contributed by atoms with Crippen molar-refractivity contribution in [3.8, 4) is 0 Å². The van der Waals surface area contributed by atoms with Gasteiger partial charge in [-0.3, -0.25) is 0 Å². The number of nitrogens with zero attached hydrogens (tertiary/aromatic N) is 1. The lowest BCUT2D eigenvalue weighted by Crippen LogP contribution is -2.24. The average Bonchev–Trinajstić information content (AvgIpc) is 2.48. The van der Waals surface area contributed by atoms with E-state index in [1.807, 2.05) is 36.4 Å². The van der Waals surface area contributed by atoms with Crippen molar-refractivity contribution in [3.05, 3.63) is 71.8 Å². The number of benzene rings is 2. The predicted molar refractivity (Wildman–Crippen MR) is 77.3 cm³/mol. The molecule has 1 aliphatic rings. The molecule has 2 nitrogen and oxygen atoms in total. The van der Waals surface area contributed by atoms with Crippen LogP contribution >= 0.6 is 0 Å². The molecule has 0 spiro atoms. The van der Waals surface area contributed by atoms with E-state index in [1.165, 1.54) is 5.56 Å². The van der Waals surface area contributed by atoms with E-state index in [0.717, 1.165) is 17.9 Å². The van der Waals surface area contributed by atoms with E-state index < -0.39 is 0 Å². The Morgan fingerprint density at radius 3 is 2.26 bits per heavy atom. The largest absolute Gasteiger partial charge is 0.474 e. The highest BCUT2D eigenvalue weighted by Gasteiger charge is 2.23. The van der Waals surface area contributed by atoms with Crippen LogP contribution in [0.15, 0.2) is 65.7 Å². The third kappa shape index (κ3) is 2.68. The van der Waals surface area contributed by atoms with Crippen LogP contribution in [0, 0.1) is 0 Å². The molecular formula is C17H17NO. The molecule has 0 N–H and O–H groups in total. The lowest BCUT2D eigenvalue weighted by Gasteiger charge is -2.27. The molecule has 0 amide bonds. The summed E-state index contributed by atoms with van der Waals surface area (Å²) in [5, 5.41) is 0. The molecule has 2 atom stereocenters. The lowest BCUT2D eigenvalue weighted by molar-refractivity contribution is 0.168. The van der Waals surface area contributed by atoms with Crippen molar-refractivity contribution in [2.24, 2.45) is 4.99 Å². The maximum absolute atomic E-state index is 5.87. The van der Waals surface area contributed by atoms with Crippen LogP contribution in [-0.2, 0) is 4.74 Å². The Bertz CT molecular complexity index is 562. The minimum atomic E-state index is 0.193. The summed E-state index contributed by atoms with van der Waals surface area (Å²) in [6.45, 7) is 2.10. The number of ether oxygens (including phenoxy) is 1. The first-order chi connectivity index (χ1) is 9.33. The third-order valence-electron chi connectivity index (χ3n) is 3.35. The average molecular weight is 251 g/mol. The van der Waals surface area contributed by atoms with Crippen LogP contribution < -0.4 is 0 Å². The molecule has 0 bridgehead atoms. The molecule has 0 aromatic heterocycles. The first kappa shape index (κ1) is 12.0. The Labute approximate surface area is 113 Å². The zero-order chi connectivity index (χ0) is 13.1. The van der Waals surface area contributed by atoms with Crippen molar-refractivity contribution in [1.82, 2.24) is 0 Å². The van der Waals surface area contributed by atoms with Crippen LogP contribution in [0.2, 0.25) is 0 Å². The van der Waals surface area contributed by atoms with Crippen molar-refractivity contribution in [2.45, 2.75) is 25.5 Å². The van der Waals surface area contributed by atoms with Gasteiger partial charge in [0.25, 0.3) is 0 Å². The van der Waals surface area contributed by atoms with Gasteiger partial charge in [0.1, 0.15) is 6.10 Å². The smallest absolute Gasteiger partial charge is 0.216 e. The van der Waals surface area contributed by atoms with E-state index in [4.69, 9.17) is 9.73 Å². The zero-order valence-corrected chi connectivity index (χ0v) is 11.0. The van der Waals surface area contributed by atoms with E-state index in [1.54, 1.807) is 0 Å². The molecule has 2 aromatic carbocycles. The predicted octanol–water partition coefficient (Wildman–Crippen LogP) is 3.98. The van der Waals surface area contributed by atoms with Gasteiger partial charge in [-0.1, -0.05) is 48.5 Å². The highest BCUT2D eigenvalue weighted by atomic mass is 16.5. The Morgan fingerprint density at radius 1 is 0.947 bits per heavy atom. The van der Waals surface area contributed by atoms with Gasteiger partial charge in [0, 0.05) is 12.0 Å². The quantitative estimate of drug-likeness (QED) is 0.791. The summed E-state index contributed by atoms with van der Waals surface area (Å²) < 4.78 is 5.87. The molecule has 2 aromatic rings. The number of aliphatic imine (C=N–C) groups is 1. The maximum Gasteiger partial charge on any atom is 0.216 e. The van der Waals surface area contributed by atoms with Gasteiger partial charge in [0.15, 0.2) is 0 Å². The molecule has 1 heterocycles. The number of hydrogen-bond acceptors (Lipinski definition) is 2. The molecule has 0 unspecified atom stereocenters. The van der Waals surface area contributed by atoms with Crippen molar-refractivity contribution >= 4 is 5.90 Å². The van der Waals surface area contributed by atoms with Crippen LogP contribution in [0.1, 0.15) is 30.5 Å². The van der Waals surface area contributed by atoms with Crippen molar-refractivity contribution < 1.29 is 4.74 Å². The van der Waals surface area contributed by atoms with Crippen molar-refractivity contribution in [1.29, 1.82) is 0 Å². The van der Waals surface area contributed by atoms with E-state index in [9.17, 15) is 0 Å². The highest BCUT2D eigenvalue weighted by molar-refractivity contribution is 5.94. The zero-order valence-electron chi connectivity index (χ0n) is 11.0. The molecule has 96 valence electrons. The molecule has 2 heteroatoms. The summed E-state index contributed by atoms with van der Waals surface area (Å²) in [7, 11) is 0. The van der Waals surface area contributed by atoms with Gasteiger partial charge in [-0.2, -0.15) is 0 Å². The standard InChI is InChI=1S/C17H17NO/c1-13-12-16(14-8-4-2-5-9-14)18-17(19-13)15-10-6-3-7-11-15/h2-11,13,16H,12H2,1H3/t13-,16-/m0/s1. The minimum absolute atomic E-state index is 0.193. The van der Waals surface area contributed by atoms with Crippen LogP contribution in [0.3, 0.4) is 0 Å². The highest BCUT2D eigenvalue weighted by Crippen LogP contribution is 2.29. The first-order valence-corrected chi connectivity index (χ1v) is 6.68. The summed E-state index contributed by atoms with van der Waals surface area (Å²) in [6.07, 6.45) is 1.12. The second-order valence-electron chi connectivity index (χ2n) is 4.89. The van der Waals surface area contributed by atoms with Crippen LogP contribution in [0.4, 0.5) is 0 Å². The summed E-state index contributed by atoms with van der Waals surface area (Å²) in [6, 6.07) is 20.7. The molecular weight excluding hydrogens is 234 g/mol. The monoisotopic (exact) mass is 251 g/mol. The molecule has 19 heavy (non-hydrogen) atoms. The van der Waals surface area contributed by atoms with Crippen LogP contribution in [-0.4, -0.2) is 12.0 Å². The summed E-state index contributed by atoms with van der Waals surface area (Å²) in [4.78, 5) is 4.77. The van der Waals surface area contributed by atoms with Gasteiger partial charge in [0.2, 0.25) is 5.90 Å². The van der Waals surface area contributed by atoms with Crippen LogP contribution in [0.25, 0.3) is 0 Å². The Morgan fingerprint density at radius 2 is 1.58 bits per heavy atom. The van der Waals surface area contributed by atoms with Gasteiger partial charge < -0.3 is 4.74 Å². The van der Waals surface area contributed by atoms with Crippen molar-refractivity contribution in [3.63, 3.8) is 0 Å². The first-order valence-electron chi connectivity index (χ1n) is 6.68. The van der Waals surface area contributed by atoms with Crippen molar-refractivity contribution in [2.75, 3.05) is 0 Å². The van der Waals surface area contributed by atoms with E-state index in [-0.39, 0.29) is 12.1 Å². The molecule has 0 saturated heterocycles. The fraction of sp³-hybridized carbons (Fsp3) is 0.235. The topological polar surface area (TPSA) is 21.6 Å². The Hall–Kier alpha value is -2.09. The van der Waals surface area contributed by atoms with Gasteiger partial charge in [0.05, 0.1) is 6.04 Å². The number of hydrogen-bond donors (Lipinski definition) is 0. The van der Waals surface area contributed by atoms with Gasteiger partial charge >= 0.3 is 0 Å². The normalized spacial score (nSPS) is 22.5. The van der Waals surface area contributed by atoms with Gasteiger partial charge in [-0.25, -0.2) is 4.99 Å². The molecule has 0 radical (unpaired) electrons. The minimum Gasteiger partial charge on any atom is -0.474 e. The molecule has 1 aliphatic heterocycles. The fourth-order valence-electron chi connectivity index (χ4n) is 2.39. The second kappa shape index (κ2) is 5.27. The SMILES string of the molecule is C[C@H]1C[C@@H](c2ccccc2)N=C(c2ccccc2)O1. The molecule has 0 saturated carbocycles. The Balaban J connectivity index is 1.95. The summed E-state index contributed by atoms with van der Waals surface area (Å²) in [5.74, 6) is 0.758. The van der Waals surface area contributed by atoms with E-state index in [2.05, 4.69) is 31.2 Å². The van der Waals surface area contributed by atoms with Crippen LogP contribution in [0.5, 0.6) is 0 Å². The maximum atomic E-state index is 5.87. The van der Waals surface area contributed by atoms with E-state index >= 15 is 0 Å². The van der Waals surface area contributed by atoms with Gasteiger partial charge in [-0.05, 0) is 24.6 Å². The molecule has 0 aliphatic carbocycles. The second-order valence-corrected chi connectivity index (χ2v) is 4.89. The van der Waals surface area contributed by atoms with E-state index in [0.29, 0.717) is 0 Å². The third-order valence-corrected chi connectivity index (χ3v) is 3.35. The fourth-order valence-corrected chi connectivity index (χ4v) is 2.39. The molecule has 0 fully saturated rings. The number of rotatable bonds is 2. The molecule has 3 rings (SSSR count). The summed E-state index contributed by atoms with van der Waals surface area (Å²) >= 11 is 0. The lowest BCUT2D eigenvalue weighted by atomic mass is 10.0.